The first-order chi connectivity index (χ1) is 25.0. The van der Waals surface area contributed by atoms with Crippen molar-refractivity contribution in [3.8, 4) is 0 Å². The summed E-state index contributed by atoms with van der Waals surface area (Å²) in [7, 11) is 1.16. The van der Waals surface area contributed by atoms with E-state index in [4.69, 9.17) is 9.05 Å². The van der Waals surface area contributed by atoms with Gasteiger partial charge >= 0.3 is 0 Å². The van der Waals surface area contributed by atoms with Gasteiger partial charge in [-0.1, -0.05) is 130 Å². The van der Waals surface area contributed by atoms with Gasteiger partial charge in [0.1, 0.15) is 13.2 Å². The third-order valence-electron chi connectivity index (χ3n) is 7.44. The Balaban J connectivity index is 4.71. The lowest BCUT2D eigenvalue weighted by atomic mass is 10.1. The summed E-state index contributed by atoms with van der Waals surface area (Å²) in [6.07, 6.45) is 48.7. The number of phosphoric ester groups is 1. The number of likely N-dealkylation sites (N-methyl/N-ethyl adjacent to an activating group) is 1. The van der Waals surface area contributed by atoms with Crippen LogP contribution in [0.25, 0.3) is 0 Å². The zero-order chi connectivity index (χ0) is 38.6. The lowest BCUT2D eigenvalue weighted by Gasteiger charge is -2.29. The van der Waals surface area contributed by atoms with Crippen LogP contribution >= 0.6 is 7.82 Å². The van der Waals surface area contributed by atoms with Crippen molar-refractivity contribution in [2.75, 3.05) is 40.9 Å². The van der Waals surface area contributed by atoms with Crippen LogP contribution in [-0.2, 0) is 18.4 Å². The van der Waals surface area contributed by atoms with Crippen LogP contribution in [-0.4, -0.2) is 68.5 Å². The number of rotatable bonds is 32. The van der Waals surface area contributed by atoms with E-state index in [1.54, 1.807) is 6.08 Å². The Hall–Kier alpha value is -2.84. The average Bonchev–Trinajstić information content (AvgIpc) is 3.09. The van der Waals surface area contributed by atoms with E-state index in [1.807, 2.05) is 39.4 Å². The van der Waals surface area contributed by atoms with Crippen molar-refractivity contribution >= 4 is 13.7 Å². The summed E-state index contributed by atoms with van der Waals surface area (Å²) in [6, 6.07) is -0.955. The van der Waals surface area contributed by atoms with Gasteiger partial charge in [0.2, 0.25) is 5.91 Å². The molecule has 8 nitrogen and oxygen atoms in total. The van der Waals surface area contributed by atoms with E-state index in [0.717, 1.165) is 70.6 Å². The molecular formula is C43H71N2O6P. The van der Waals surface area contributed by atoms with Crippen LogP contribution < -0.4 is 10.2 Å². The second-order valence-electron chi connectivity index (χ2n) is 13.5. The Kier molecular flexibility index (Phi) is 32.1. The normalized spacial score (nSPS) is 15.8. The van der Waals surface area contributed by atoms with Gasteiger partial charge in [0.15, 0.2) is 0 Å². The number of allylic oxidation sites excluding steroid dienone is 17. The number of phosphoric acid groups is 1. The van der Waals surface area contributed by atoms with Crippen molar-refractivity contribution in [2.45, 2.75) is 116 Å². The number of quaternary nitrogens is 1. The molecule has 0 radical (unpaired) electrons. The van der Waals surface area contributed by atoms with Crippen molar-refractivity contribution in [1.82, 2.24) is 5.32 Å². The highest BCUT2D eigenvalue weighted by molar-refractivity contribution is 7.45. The molecule has 9 heteroatoms. The number of hydrogen-bond donors (Lipinski definition) is 2. The van der Waals surface area contributed by atoms with Gasteiger partial charge in [-0.2, -0.15) is 0 Å². The number of carbonyl (C=O) groups is 1. The van der Waals surface area contributed by atoms with E-state index in [1.165, 1.54) is 0 Å². The molecule has 0 rings (SSSR count). The summed E-state index contributed by atoms with van der Waals surface area (Å²) in [5.41, 5.74) is 0. The third kappa shape index (κ3) is 35.6. The fraction of sp³-hybridized carbons (Fsp3) is 0.558. The molecule has 1 amide bonds. The number of amides is 1. The highest BCUT2D eigenvalue weighted by Gasteiger charge is 2.23. The number of carbonyl (C=O) groups excluding carboxylic acids is 1. The van der Waals surface area contributed by atoms with Gasteiger partial charge in [-0.3, -0.25) is 9.36 Å². The fourth-order valence-corrected chi connectivity index (χ4v) is 5.11. The summed E-state index contributed by atoms with van der Waals surface area (Å²) in [4.78, 5) is 25.1. The number of unbranched alkanes of at least 4 members (excludes halogenated alkanes) is 3. The molecule has 52 heavy (non-hydrogen) atoms. The molecule has 0 saturated heterocycles. The number of nitrogens with one attached hydrogen (secondary N) is 1. The fourth-order valence-electron chi connectivity index (χ4n) is 4.39. The maximum Gasteiger partial charge on any atom is 0.268 e. The minimum Gasteiger partial charge on any atom is -0.756 e. The Bertz CT molecular complexity index is 1210. The SMILES string of the molecule is CC/C=C\C/C=C\C/C=C\C/C=C\C/C=C\C/C=C\CCC(=O)NC(COP(=O)([O-])OCC[N+](C)(C)C)C(O)/C=C/CC/C=C/CC/C=C/CCC. The predicted molar refractivity (Wildman–Crippen MR) is 219 cm³/mol. The Morgan fingerprint density at radius 1 is 0.673 bits per heavy atom. The monoisotopic (exact) mass is 743 g/mol. The molecule has 2 N–H and O–H groups in total. The molecule has 3 atom stereocenters. The van der Waals surface area contributed by atoms with E-state index in [2.05, 4.69) is 104 Å². The smallest absolute Gasteiger partial charge is 0.268 e. The summed E-state index contributed by atoms with van der Waals surface area (Å²) in [6.45, 7) is 4.31. The highest BCUT2D eigenvalue weighted by atomic mass is 31.2. The van der Waals surface area contributed by atoms with E-state index >= 15 is 0 Å². The second-order valence-corrected chi connectivity index (χ2v) is 14.9. The molecule has 3 unspecified atom stereocenters. The molecule has 0 aromatic heterocycles. The lowest BCUT2D eigenvalue weighted by molar-refractivity contribution is -0.870. The van der Waals surface area contributed by atoms with E-state index < -0.39 is 26.6 Å². The largest absolute Gasteiger partial charge is 0.756 e. The number of hydrogen-bond acceptors (Lipinski definition) is 6. The molecule has 0 aliphatic heterocycles. The molecule has 0 fully saturated rings. The molecule has 0 heterocycles. The Morgan fingerprint density at radius 2 is 1.12 bits per heavy atom. The van der Waals surface area contributed by atoms with Gasteiger partial charge in [0.05, 0.1) is 39.9 Å². The van der Waals surface area contributed by atoms with Crippen LogP contribution in [0.4, 0.5) is 0 Å². The van der Waals surface area contributed by atoms with Crippen molar-refractivity contribution in [3.05, 3.63) is 109 Å². The van der Waals surface area contributed by atoms with Gasteiger partial charge in [0, 0.05) is 6.42 Å². The molecule has 0 bridgehead atoms. The zero-order valence-corrected chi connectivity index (χ0v) is 33.8. The van der Waals surface area contributed by atoms with Crippen LogP contribution in [0.3, 0.4) is 0 Å². The summed E-state index contributed by atoms with van der Waals surface area (Å²) in [5.74, 6) is -0.303. The van der Waals surface area contributed by atoms with E-state index in [-0.39, 0.29) is 18.9 Å². The first-order valence-corrected chi connectivity index (χ1v) is 20.7. The topological polar surface area (TPSA) is 108 Å². The van der Waals surface area contributed by atoms with Crippen LogP contribution in [0.5, 0.6) is 0 Å². The maximum atomic E-state index is 12.7. The summed E-state index contributed by atoms with van der Waals surface area (Å²) < 4.78 is 23.0. The van der Waals surface area contributed by atoms with E-state index in [0.29, 0.717) is 23.9 Å². The van der Waals surface area contributed by atoms with Crippen LogP contribution in [0.15, 0.2) is 109 Å². The van der Waals surface area contributed by atoms with Gasteiger partial charge in [-0.25, -0.2) is 0 Å². The van der Waals surface area contributed by atoms with Gasteiger partial charge < -0.3 is 28.8 Å². The first-order valence-electron chi connectivity index (χ1n) is 19.2. The van der Waals surface area contributed by atoms with Crippen LogP contribution in [0.2, 0.25) is 0 Å². The minimum atomic E-state index is -4.62. The number of aliphatic hydroxyl groups is 1. The summed E-state index contributed by atoms with van der Waals surface area (Å²) >= 11 is 0. The van der Waals surface area contributed by atoms with Gasteiger partial charge in [-0.05, 0) is 77.0 Å². The van der Waals surface area contributed by atoms with Crippen molar-refractivity contribution < 1.29 is 32.9 Å². The van der Waals surface area contributed by atoms with Crippen LogP contribution in [0.1, 0.15) is 104 Å². The highest BCUT2D eigenvalue weighted by Crippen LogP contribution is 2.38. The van der Waals surface area contributed by atoms with Gasteiger partial charge in [-0.15, -0.1) is 0 Å². The lowest BCUT2D eigenvalue weighted by Crippen LogP contribution is -2.45. The molecule has 0 aromatic carbocycles. The van der Waals surface area contributed by atoms with Crippen LogP contribution in [0, 0.1) is 0 Å². The van der Waals surface area contributed by atoms with Crippen molar-refractivity contribution in [1.29, 1.82) is 0 Å². The van der Waals surface area contributed by atoms with E-state index in [9.17, 15) is 19.4 Å². The van der Waals surface area contributed by atoms with Crippen molar-refractivity contribution in [3.63, 3.8) is 0 Å². The minimum absolute atomic E-state index is 0.0295. The molecule has 0 saturated carbocycles. The predicted octanol–water partition coefficient (Wildman–Crippen LogP) is 9.55. The molecule has 0 spiro atoms. The van der Waals surface area contributed by atoms with Crippen molar-refractivity contribution in [2.24, 2.45) is 0 Å². The Labute approximate surface area is 317 Å². The third-order valence-corrected chi connectivity index (χ3v) is 8.40. The average molecular weight is 743 g/mol. The number of aliphatic hydroxyl groups excluding tert-OH is 1. The first kappa shape index (κ1) is 49.2. The quantitative estimate of drug-likeness (QED) is 0.0308. The maximum absolute atomic E-state index is 12.7. The number of nitrogens with zero attached hydrogens (tertiary/aromatic N) is 1. The standard InChI is InChI=1S/C43H71N2O6P/c1-6-8-10-12-14-16-18-19-20-21-22-23-24-25-27-29-31-33-35-37-43(47)44-41(40-51-52(48,49)50-39-38-45(3,4)5)42(46)36-34-32-30-28-26-17-15-13-11-9-7-2/h8,10-11,13-14,16,19-20,22-23,25-28,31,33-34,36,41-42,46H,6-7,9,12,15,17-18,21,24,29-30,32,35,37-40H2,1-5H3,(H-,44,47,48,49)/b10-8-,13-11+,16-14-,20-19-,23-22-,27-25-,28-26+,33-31-,36-34+. The molecular weight excluding hydrogens is 671 g/mol. The molecule has 294 valence electrons. The summed E-state index contributed by atoms with van der Waals surface area (Å²) in [5, 5.41) is 13.6. The molecule has 0 aliphatic rings. The zero-order valence-electron chi connectivity index (χ0n) is 33.0. The molecule has 0 aromatic rings. The Morgan fingerprint density at radius 3 is 1.60 bits per heavy atom. The second kappa shape index (κ2) is 34.0. The molecule has 0 aliphatic carbocycles. The van der Waals surface area contributed by atoms with Gasteiger partial charge in [0.25, 0.3) is 7.82 Å².